The summed E-state index contributed by atoms with van der Waals surface area (Å²) in [7, 11) is -2.77. The molecular weight excluding hydrogens is 1120 g/mol. The SMILES string of the molecule is CCOC(=O)O[C@]1(C(=O)OCCl)CC[C@H]2[C@@H]3CCC4=CC(=O)C=C[C@]4(C)[C@H]3[C@@H](O)C[C@@]21C.CN1C(C(=O)Nc2ccccn2)=C(O)c2sc(Cl)cc2S1(=O)=O.Cc1ccc(Cl)c(Nc2ccccc2C(=O)O)c1Cl.Cl. The first-order valence-electron chi connectivity index (χ1n) is 23.1. The summed E-state index contributed by atoms with van der Waals surface area (Å²) in [6, 6.07) is 15.9. The Bertz CT molecular complexity index is 3100. The number of carboxylic acid groups (broad SMARTS) is 1. The second-order valence-electron chi connectivity index (χ2n) is 18.5. The van der Waals surface area contributed by atoms with Crippen LogP contribution >= 0.6 is 70.1 Å². The predicted molar refractivity (Wildman–Crippen MR) is 287 cm³/mol. The van der Waals surface area contributed by atoms with Gasteiger partial charge in [-0.25, -0.2) is 27.8 Å². The van der Waals surface area contributed by atoms with Crippen molar-refractivity contribution in [2.45, 2.75) is 76.4 Å². The summed E-state index contributed by atoms with van der Waals surface area (Å²) < 4.78 is 41.7. The number of benzene rings is 2. The van der Waals surface area contributed by atoms with Crippen molar-refractivity contribution in [3.8, 4) is 0 Å². The molecule has 3 fully saturated rings. The molecule has 75 heavy (non-hydrogen) atoms. The standard InChI is InChI=1S/C24H31ClO7.C14H11Cl2NO2.C13H10ClN3O4S2.ClH/c1-4-30-21(29)32-24(20(28)31-13-25)10-8-17-16-6-5-14-11-15(26)7-9-22(14,2)19(16)18(27)12-23(17,24)3;1-8-6-7-10(15)13(12(8)16)17-11-5-3-2-4-9(11)14(18)19;1-17-10(13(19)16-9-4-2-3-5-15-9)11(18)12-7(23(17,20)21)6-8(14)22-12;/h7,9,11,16-19,27H,4-6,8,10,12-13H2,1-3H3;2-7,17H,1H3,(H,18,19);2-6,18H,1H3,(H,15,16,19);1H/t16-,17-,18-,19+,22-,23-,24-;;;/m0.../s1. The molecule has 0 spiro atoms. The molecule has 5 aliphatic rings. The number of likely N-dealkylation sites (N-methyl/N-ethyl adjacent to an activating group) is 1. The Morgan fingerprint density at radius 2 is 1.72 bits per heavy atom. The van der Waals surface area contributed by atoms with Crippen LogP contribution in [0.2, 0.25) is 14.4 Å². The van der Waals surface area contributed by atoms with Crippen LogP contribution in [0.15, 0.2) is 101 Å². The van der Waals surface area contributed by atoms with Crippen molar-refractivity contribution >= 4 is 133 Å². The number of carbonyl (C=O) groups excluding carboxylic acids is 4. The summed E-state index contributed by atoms with van der Waals surface area (Å²) >= 11 is 24.7. The minimum absolute atomic E-state index is 0. The van der Waals surface area contributed by atoms with Gasteiger partial charge in [-0.3, -0.25) is 13.9 Å². The number of esters is 1. The number of hydrogen-bond donors (Lipinski definition) is 5. The van der Waals surface area contributed by atoms with Gasteiger partial charge < -0.3 is 40.2 Å². The number of aryl methyl sites for hydroxylation is 1. The number of aromatic nitrogens is 1. The highest BCUT2D eigenvalue weighted by Gasteiger charge is 2.71. The molecule has 3 saturated carbocycles. The minimum atomic E-state index is -3.96. The van der Waals surface area contributed by atoms with Crippen molar-refractivity contribution in [3.05, 3.63) is 127 Å². The molecule has 0 bridgehead atoms. The van der Waals surface area contributed by atoms with E-state index in [0.717, 1.165) is 39.6 Å². The van der Waals surface area contributed by atoms with Crippen molar-refractivity contribution in [2.24, 2.45) is 28.6 Å². The maximum absolute atomic E-state index is 13.2. The number of para-hydroxylation sites is 1. The van der Waals surface area contributed by atoms with Crippen molar-refractivity contribution in [1.29, 1.82) is 0 Å². The third-order valence-corrected chi connectivity index (χ3v) is 18.6. The lowest BCUT2D eigenvalue weighted by Crippen LogP contribution is -2.62. The number of ether oxygens (including phenoxy) is 3. The minimum Gasteiger partial charge on any atom is -0.504 e. The van der Waals surface area contributed by atoms with Crippen LogP contribution in [0.4, 0.5) is 22.0 Å². The van der Waals surface area contributed by atoms with E-state index in [2.05, 4.69) is 22.5 Å². The Labute approximate surface area is 463 Å². The van der Waals surface area contributed by atoms with E-state index in [4.69, 9.17) is 65.7 Å². The maximum Gasteiger partial charge on any atom is 0.509 e. The molecule has 0 unspecified atom stereocenters. The fraction of sp³-hybridized carbons (Fsp3) is 0.373. The first-order chi connectivity index (χ1) is 34.9. The second kappa shape index (κ2) is 23.5. The molecule has 3 heterocycles. The van der Waals surface area contributed by atoms with Gasteiger partial charge in [-0.2, -0.15) is 0 Å². The van der Waals surface area contributed by atoms with Crippen molar-refractivity contribution in [1.82, 2.24) is 9.29 Å². The summed E-state index contributed by atoms with van der Waals surface area (Å²) in [5, 5.41) is 37.3. The molecule has 1 amide bonds. The van der Waals surface area contributed by atoms with Crippen LogP contribution in [-0.2, 0) is 38.6 Å². The molecule has 24 heteroatoms. The van der Waals surface area contributed by atoms with Gasteiger partial charge in [0, 0.05) is 30.0 Å². The number of sulfonamides is 1. The van der Waals surface area contributed by atoms with Gasteiger partial charge in [0.25, 0.3) is 15.9 Å². The van der Waals surface area contributed by atoms with Crippen molar-refractivity contribution in [3.63, 3.8) is 0 Å². The highest BCUT2D eigenvalue weighted by Crippen LogP contribution is 2.68. The van der Waals surface area contributed by atoms with Crippen LogP contribution in [0.5, 0.6) is 0 Å². The number of aliphatic hydroxyl groups excluding tert-OH is 2. The van der Waals surface area contributed by atoms with Crippen LogP contribution in [0, 0.1) is 35.5 Å². The van der Waals surface area contributed by atoms with Crippen molar-refractivity contribution < 1.29 is 61.9 Å². The third-order valence-electron chi connectivity index (χ3n) is 14.5. The van der Waals surface area contributed by atoms with Gasteiger partial charge in [0.05, 0.1) is 48.9 Å². The van der Waals surface area contributed by atoms with Crippen LogP contribution in [-0.4, -0.2) is 94.2 Å². The number of thiophene rings is 1. The van der Waals surface area contributed by atoms with E-state index < -0.39 is 62.3 Å². The Kier molecular flexibility index (Phi) is 18.4. The fourth-order valence-electron chi connectivity index (χ4n) is 11.1. The first kappa shape index (κ1) is 58.9. The van der Waals surface area contributed by atoms with E-state index in [1.54, 1.807) is 67.6 Å². The van der Waals surface area contributed by atoms with Gasteiger partial charge in [0.2, 0.25) is 5.60 Å². The van der Waals surface area contributed by atoms with E-state index >= 15 is 0 Å². The molecule has 0 radical (unpaired) electrons. The number of halogens is 5. The summed E-state index contributed by atoms with van der Waals surface area (Å²) in [5.41, 5.74) is -0.167. The summed E-state index contributed by atoms with van der Waals surface area (Å²) in [6.07, 6.45) is 7.78. The van der Waals surface area contributed by atoms with Gasteiger partial charge in [-0.1, -0.05) is 96.2 Å². The van der Waals surface area contributed by atoms with E-state index in [1.165, 1.54) is 25.4 Å². The van der Waals surface area contributed by atoms with E-state index in [-0.39, 0.29) is 92.6 Å². The molecule has 4 aromatic rings. The van der Waals surface area contributed by atoms with E-state index in [1.807, 2.05) is 19.9 Å². The number of fused-ring (bicyclic) bond motifs is 6. The molecule has 9 rings (SSSR count). The zero-order valence-electron chi connectivity index (χ0n) is 40.9. The Balaban J connectivity index is 0.000000189. The van der Waals surface area contributed by atoms with E-state index in [0.29, 0.717) is 27.8 Å². The van der Waals surface area contributed by atoms with Gasteiger partial charge in [0.1, 0.15) is 10.7 Å². The Hall–Kier alpha value is -5.38. The number of carboxylic acids is 1. The Morgan fingerprint density at radius 1 is 1.01 bits per heavy atom. The molecular formula is C51H53Cl5N4O13S2. The average Bonchev–Trinajstić information content (AvgIpc) is 3.90. The summed E-state index contributed by atoms with van der Waals surface area (Å²) in [6.45, 7) is 7.63. The monoisotopic (exact) mass is 1170 g/mol. The van der Waals surface area contributed by atoms with Gasteiger partial charge >= 0.3 is 18.1 Å². The molecule has 2 aromatic carbocycles. The van der Waals surface area contributed by atoms with Crippen LogP contribution in [0.3, 0.4) is 0 Å². The smallest absolute Gasteiger partial charge is 0.504 e. The number of carbonyl (C=O) groups is 5. The number of nitrogens with one attached hydrogen (secondary N) is 2. The molecule has 0 saturated heterocycles. The lowest BCUT2D eigenvalue weighted by molar-refractivity contribution is -0.199. The quantitative estimate of drug-likeness (QED) is 0.0772. The van der Waals surface area contributed by atoms with Crippen LogP contribution in [0.1, 0.15) is 73.7 Å². The second-order valence-corrected chi connectivity index (χ2v) is 23.1. The number of hydrogen-bond acceptors (Lipinski definition) is 15. The summed E-state index contributed by atoms with van der Waals surface area (Å²) in [5.74, 6) is -2.68. The third kappa shape index (κ3) is 11.2. The highest BCUT2D eigenvalue weighted by molar-refractivity contribution is 7.89. The largest absolute Gasteiger partial charge is 0.509 e. The lowest BCUT2D eigenvalue weighted by Gasteiger charge is -2.59. The van der Waals surface area contributed by atoms with Crippen molar-refractivity contribution in [2.75, 3.05) is 30.4 Å². The maximum atomic E-state index is 13.2. The lowest BCUT2D eigenvalue weighted by atomic mass is 9.46. The molecule has 7 atom stereocenters. The number of rotatable bonds is 9. The van der Waals surface area contributed by atoms with Gasteiger partial charge in [-0.15, -0.1) is 23.7 Å². The molecule has 2 aromatic heterocycles. The Morgan fingerprint density at radius 3 is 2.39 bits per heavy atom. The molecule has 17 nitrogen and oxygen atoms in total. The molecule has 402 valence electrons. The number of aliphatic hydroxyl groups is 2. The topological polar surface area (TPSA) is 248 Å². The number of amides is 1. The van der Waals surface area contributed by atoms with E-state index in [9.17, 15) is 42.6 Å². The number of pyridine rings is 1. The van der Waals surface area contributed by atoms with Gasteiger partial charge in [0.15, 0.2) is 23.3 Å². The zero-order chi connectivity index (χ0) is 54.1. The number of aromatic carboxylic acids is 1. The summed E-state index contributed by atoms with van der Waals surface area (Å²) in [4.78, 5) is 64.9. The van der Waals surface area contributed by atoms with Crippen LogP contribution in [0.25, 0.3) is 5.76 Å². The normalized spacial score (nSPS) is 25.6. The number of alkyl halides is 1. The average molecular weight is 1170 g/mol. The number of allylic oxidation sites excluding steroid dienone is 4. The number of nitrogens with zero attached hydrogens (tertiary/aromatic N) is 2. The molecule has 1 aliphatic heterocycles. The first-order valence-corrected chi connectivity index (χ1v) is 27.1. The molecule has 5 N–H and O–H groups in total. The predicted octanol–water partition coefficient (Wildman–Crippen LogP) is 11.4. The fourth-order valence-corrected chi connectivity index (χ4v) is 14.6. The number of anilines is 3. The number of ketones is 1. The van der Waals surface area contributed by atoms with Gasteiger partial charge in [-0.05, 0) is 112 Å². The van der Waals surface area contributed by atoms with Crippen LogP contribution < -0.4 is 10.6 Å². The zero-order valence-corrected chi connectivity index (χ0v) is 46.4. The highest BCUT2D eigenvalue weighted by atomic mass is 35.5. The molecule has 4 aliphatic carbocycles.